The molecule has 0 bridgehead atoms. The zero-order chi connectivity index (χ0) is 14.0. The normalized spacial score (nSPS) is 14.8. The molecule has 0 fully saturated rings. The minimum atomic E-state index is -0.763. The molecule has 0 radical (unpaired) electrons. The molecular formula is C12H16BrN3O2S. The van der Waals surface area contributed by atoms with Gasteiger partial charge in [-0.3, -0.25) is 0 Å². The Morgan fingerprint density at radius 3 is 2.84 bits per heavy atom. The number of hydrogen-bond donors (Lipinski definition) is 1. The predicted molar refractivity (Wildman–Crippen MR) is 77.9 cm³/mol. The molecule has 104 valence electrons. The Balaban J connectivity index is 2.16. The molecule has 1 atom stereocenters. The van der Waals surface area contributed by atoms with Crippen LogP contribution in [-0.4, -0.2) is 22.9 Å². The molecule has 2 aromatic heterocycles. The number of nitrogens with two attached hydrogens (primary N) is 1. The molecule has 1 unspecified atom stereocenters. The third kappa shape index (κ3) is 3.62. The van der Waals surface area contributed by atoms with Crippen LogP contribution in [0.4, 0.5) is 0 Å². The lowest BCUT2D eigenvalue weighted by atomic mass is 10.1. The van der Waals surface area contributed by atoms with Crippen LogP contribution in [0.25, 0.3) is 10.8 Å². The van der Waals surface area contributed by atoms with E-state index in [4.69, 9.17) is 15.0 Å². The molecule has 19 heavy (non-hydrogen) atoms. The van der Waals surface area contributed by atoms with Crippen molar-refractivity contribution in [3.63, 3.8) is 0 Å². The highest BCUT2D eigenvalue weighted by Crippen LogP contribution is 2.31. The highest BCUT2D eigenvalue weighted by molar-refractivity contribution is 9.11. The van der Waals surface area contributed by atoms with Gasteiger partial charge in [-0.2, -0.15) is 4.98 Å². The Morgan fingerprint density at radius 1 is 1.53 bits per heavy atom. The van der Waals surface area contributed by atoms with Gasteiger partial charge in [0.2, 0.25) is 0 Å². The predicted octanol–water partition coefficient (Wildman–Crippen LogP) is 3.16. The highest BCUT2D eigenvalue weighted by atomic mass is 79.9. The summed E-state index contributed by atoms with van der Waals surface area (Å²) in [6, 6.07) is 3.86. The van der Waals surface area contributed by atoms with Crippen molar-refractivity contribution in [1.29, 1.82) is 0 Å². The van der Waals surface area contributed by atoms with Crippen molar-refractivity contribution >= 4 is 27.3 Å². The van der Waals surface area contributed by atoms with E-state index in [2.05, 4.69) is 26.1 Å². The van der Waals surface area contributed by atoms with Crippen LogP contribution in [0.2, 0.25) is 0 Å². The van der Waals surface area contributed by atoms with Crippen LogP contribution in [0.15, 0.2) is 20.4 Å². The fourth-order valence-corrected chi connectivity index (χ4v) is 2.70. The summed E-state index contributed by atoms with van der Waals surface area (Å²) in [5, 5.41) is 3.95. The molecule has 0 aliphatic heterocycles. The van der Waals surface area contributed by atoms with Gasteiger partial charge in [-0.15, -0.1) is 11.3 Å². The molecule has 0 aromatic carbocycles. The zero-order valence-electron chi connectivity index (χ0n) is 11.0. The summed E-state index contributed by atoms with van der Waals surface area (Å²) in [6.07, 6.45) is 0.113. The maximum atomic E-state index is 6.17. The number of aromatic nitrogens is 2. The van der Waals surface area contributed by atoms with Crippen LogP contribution in [0, 0.1) is 0 Å². The number of halogens is 1. The number of hydrogen-bond acceptors (Lipinski definition) is 6. The number of thiophene rings is 1. The highest BCUT2D eigenvalue weighted by Gasteiger charge is 2.28. The molecule has 2 rings (SSSR count). The Kier molecular flexibility index (Phi) is 4.39. The maximum absolute atomic E-state index is 6.17. The molecule has 0 amide bonds. The first-order chi connectivity index (χ1) is 8.88. The zero-order valence-corrected chi connectivity index (χ0v) is 13.4. The molecule has 0 aliphatic rings. The first kappa shape index (κ1) is 14.6. The molecule has 2 aromatic rings. The largest absolute Gasteiger partial charge is 0.376 e. The summed E-state index contributed by atoms with van der Waals surface area (Å²) in [4.78, 5) is 5.26. The van der Waals surface area contributed by atoms with Gasteiger partial charge in [0.05, 0.1) is 21.4 Å². The lowest BCUT2D eigenvalue weighted by molar-refractivity contribution is 0.0410. The van der Waals surface area contributed by atoms with Crippen LogP contribution in [-0.2, 0) is 10.3 Å². The Bertz CT molecular complexity index is 551. The van der Waals surface area contributed by atoms with Gasteiger partial charge >= 0.3 is 0 Å². The number of rotatable bonds is 5. The Morgan fingerprint density at radius 2 is 2.26 bits per heavy atom. The van der Waals surface area contributed by atoms with E-state index in [9.17, 15) is 0 Å². The van der Waals surface area contributed by atoms with Gasteiger partial charge in [0, 0.05) is 0 Å². The van der Waals surface area contributed by atoms with Gasteiger partial charge in [-0.1, -0.05) is 5.16 Å². The molecule has 7 heteroatoms. The van der Waals surface area contributed by atoms with Crippen LogP contribution < -0.4 is 5.73 Å². The molecule has 0 saturated heterocycles. The fraction of sp³-hybridized carbons (Fsp3) is 0.500. The van der Waals surface area contributed by atoms with E-state index in [-0.39, 0.29) is 6.10 Å². The standard InChI is InChI=1S/C12H16BrN3O2S/c1-7(2)17-6-12(3,14)11-15-10(18-16-11)8-4-5-9(13)19-8/h4-5,7H,6,14H2,1-3H3. The first-order valence-electron chi connectivity index (χ1n) is 5.89. The van der Waals surface area contributed by atoms with Crippen molar-refractivity contribution in [3.8, 4) is 10.8 Å². The maximum Gasteiger partial charge on any atom is 0.268 e. The van der Waals surface area contributed by atoms with Crippen LogP contribution in [0.3, 0.4) is 0 Å². The van der Waals surface area contributed by atoms with Crippen LogP contribution in [0.5, 0.6) is 0 Å². The minimum absolute atomic E-state index is 0.113. The molecule has 2 N–H and O–H groups in total. The van der Waals surface area contributed by atoms with Gasteiger partial charge in [0.15, 0.2) is 5.82 Å². The SMILES string of the molecule is CC(C)OCC(C)(N)c1noc(-c2ccc(Br)s2)n1. The van der Waals surface area contributed by atoms with Crippen molar-refractivity contribution in [2.45, 2.75) is 32.4 Å². The fourth-order valence-electron chi connectivity index (χ4n) is 1.39. The van der Waals surface area contributed by atoms with Gasteiger partial charge in [0.25, 0.3) is 5.89 Å². The van der Waals surface area contributed by atoms with Gasteiger partial charge in [-0.05, 0) is 48.8 Å². The van der Waals surface area contributed by atoms with Crippen LogP contribution in [0.1, 0.15) is 26.6 Å². The van der Waals surface area contributed by atoms with Crippen LogP contribution >= 0.6 is 27.3 Å². The molecule has 0 spiro atoms. The number of nitrogens with zero attached hydrogens (tertiary/aromatic N) is 2. The molecular weight excluding hydrogens is 330 g/mol. The van der Waals surface area contributed by atoms with Crippen molar-refractivity contribution in [3.05, 3.63) is 21.7 Å². The summed E-state index contributed by atoms with van der Waals surface area (Å²) in [6.45, 7) is 6.09. The molecule has 2 heterocycles. The Hall–Kier alpha value is -0.760. The Labute approximate surface area is 124 Å². The first-order valence-corrected chi connectivity index (χ1v) is 7.50. The van der Waals surface area contributed by atoms with E-state index in [1.807, 2.05) is 32.9 Å². The molecule has 5 nitrogen and oxygen atoms in total. The summed E-state index contributed by atoms with van der Waals surface area (Å²) < 4.78 is 11.8. The smallest absolute Gasteiger partial charge is 0.268 e. The third-order valence-electron chi connectivity index (χ3n) is 2.44. The van der Waals surface area contributed by atoms with Crippen molar-refractivity contribution in [2.75, 3.05) is 6.61 Å². The second-order valence-corrected chi connectivity index (χ2v) is 7.27. The van der Waals surface area contributed by atoms with Gasteiger partial charge < -0.3 is 15.0 Å². The second-order valence-electron chi connectivity index (χ2n) is 4.80. The van der Waals surface area contributed by atoms with Gasteiger partial charge in [-0.25, -0.2) is 0 Å². The van der Waals surface area contributed by atoms with E-state index >= 15 is 0 Å². The molecule has 0 aliphatic carbocycles. The summed E-state index contributed by atoms with van der Waals surface area (Å²) in [5.74, 6) is 0.930. The van der Waals surface area contributed by atoms with Crippen molar-refractivity contribution in [1.82, 2.24) is 10.1 Å². The average molecular weight is 346 g/mol. The summed E-state index contributed by atoms with van der Waals surface area (Å²) >= 11 is 4.93. The van der Waals surface area contributed by atoms with E-state index in [0.717, 1.165) is 8.66 Å². The van der Waals surface area contributed by atoms with E-state index in [0.29, 0.717) is 18.3 Å². The van der Waals surface area contributed by atoms with E-state index in [1.165, 1.54) is 11.3 Å². The lowest BCUT2D eigenvalue weighted by Crippen LogP contribution is -2.40. The number of ether oxygens (including phenoxy) is 1. The third-order valence-corrected chi connectivity index (χ3v) is 4.05. The second kappa shape index (κ2) is 5.70. The molecule has 0 saturated carbocycles. The minimum Gasteiger partial charge on any atom is -0.376 e. The van der Waals surface area contributed by atoms with E-state index in [1.54, 1.807) is 0 Å². The van der Waals surface area contributed by atoms with Gasteiger partial charge in [0.1, 0.15) is 5.54 Å². The summed E-state index contributed by atoms with van der Waals surface area (Å²) in [5.41, 5.74) is 5.40. The monoisotopic (exact) mass is 345 g/mol. The van der Waals surface area contributed by atoms with Crippen molar-refractivity contribution in [2.24, 2.45) is 5.73 Å². The topological polar surface area (TPSA) is 74.2 Å². The quantitative estimate of drug-likeness (QED) is 0.900. The van der Waals surface area contributed by atoms with Crippen molar-refractivity contribution < 1.29 is 9.26 Å². The average Bonchev–Trinajstić information content (AvgIpc) is 2.94. The summed E-state index contributed by atoms with van der Waals surface area (Å²) in [7, 11) is 0. The van der Waals surface area contributed by atoms with E-state index < -0.39 is 5.54 Å². The lowest BCUT2D eigenvalue weighted by Gasteiger charge is -2.21.